The van der Waals surface area contributed by atoms with Gasteiger partial charge in [-0.2, -0.15) is 5.10 Å². The van der Waals surface area contributed by atoms with Gasteiger partial charge in [0.05, 0.1) is 11.2 Å². The molecule has 0 atom stereocenters. The predicted molar refractivity (Wildman–Crippen MR) is 88.7 cm³/mol. The highest BCUT2D eigenvalue weighted by molar-refractivity contribution is 7.80. The van der Waals surface area contributed by atoms with Crippen LogP contribution in [0.15, 0.2) is 17.2 Å². The van der Waals surface area contributed by atoms with Crippen molar-refractivity contribution in [1.82, 2.24) is 10.7 Å². The second-order valence-corrected chi connectivity index (χ2v) is 5.32. The number of hydrogen-bond acceptors (Lipinski definition) is 4. The monoisotopic (exact) mass is 327 g/mol. The van der Waals surface area contributed by atoms with Gasteiger partial charge in [0.2, 0.25) is 0 Å². The Bertz CT molecular complexity index is 537. The van der Waals surface area contributed by atoms with Gasteiger partial charge in [-0.05, 0) is 36.3 Å². The van der Waals surface area contributed by atoms with Gasteiger partial charge in [0, 0.05) is 6.54 Å². The first-order valence-corrected chi connectivity index (χ1v) is 7.65. The number of hydrogen-bond donors (Lipinski definition) is 2. The molecule has 1 aliphatic rings. The smallest absolute Gasteiger partial charge is 0.186 e. The van der Waals surface area contributed by atoms with Crippen LogP contribution in [0.4, 0.5) is 0 Å². The molecule has 0 aromatic heterocycles. The van der Waals surface area contributed by atoms with E-state index < -0.39 is 0 Å². The summed E-state index contributed by atoms with van der Waals surface area (Å²) in [7, 11) is 0. The Labute approximate surface area is 134 Å². The molecule has 0 radical (unpaired) electrons. The van der Waals surface area contributed by atoms with Gasteiger partial charge in [0.15, 0.2) is 16.6 Å². The minimum absolute atomic E-state index is 0.503. The summed E-state index contributed by atoms with van der Waals surface area (Å²) in [5.74, 6) is 1.23. The normalized spacial score (nSPS) is 13.2. The Hall–Kier alpha value is -1.53. The average Bonchev–Trinajstić information content (AvgIpc) is 2.48. The largest absolute Gasteiger partial charge is 0.486 e. The molecule has 7 heteroatoms. The van der Waals surface area contributed by atoms with Crippen molar-refractivity contribution in [2.24, 2.45) is 5.10 Å². The Morgan fingerprint density at radius 2 is 2.24 bits per heavy atom. The van der Waals surface area contributed by atoms with Crippen molar-refractivity contribution in [3.05, 3.63) is 22.7 Å². The molecule has 2 rings (SSSR count). The van der Waals surface area contributed by atoms with Crippen molar-refractivity contribution < 1.29 is 9.47 Å². The highest BCUT2D eigenvalue weighted by Crippen LogP contribution is 2.37. The molecule has 0 amide bonds. The van der Waals surface area contributed by atoms with Gasteiger partial charge in [-0.1, -0.05) is 24.9 Å². The lowest BCUT2D eigenvalue weighted by molar-refractivity contribution is 0.171. The summed E-state index contributed by atoms with van der Waals surface area (Å²) in [6.45, 7) is 4.00. The SMILES string of the molecule is CCCCNC(=S)N/N=C\c1cc(Cl)c2c(c1)OCCO2. The second-order valence-electron chi connectivity index (χ2n) is 4.51. The van der Waals surface area contributed by atoms with Crippen molar-refractivity contribution in [2.75, 3.05) is 19.8 Å². The fourth-order valence-electron chi connectivity index (χ4n) is 1.79. The zero-order chi connectivity index (χ0) is 15.1. The number of unbranched alkanes of at least 4 members (excludes halogenated alkanes) is 1. The fraction of sp³-hybridized carbons (Fsp3) is 0.429. The Morgan fingerprint density at radius 1 is 1.43 bits per heavy atom. The third-order valence-corrected chi connectivity index (χ3v) is 3.33. The number of ether oxygens (including phenoxy) is 2. The first-order chi connectivity index (χ1) is 10.2. The molecule has 1 aromatic rings. The van der Waals surface area contributed by atoms with Crippen molar-refractivity contribution in [1.29, 1.82) is 0 Å². The lowest BCUT2D eigenvalue weighted by Crippen LogP contribution is -2.32. The third kappa shape index (κ3) is 4.75. The molecule has 0 saturated carbocycles. The third-order valence-electron chi connectivity index (χ3n) is 2.81. The molecular formula is C14H18ClN3O2S. The molecule has 114 valence electrons. The van der Waals surface area contributed by atoms with Gasteiger partial charge >= 0.3 is 0 Å². The first kappa shape index (κ1) is 15.9. The van der Waals surface area contributed by atoms with Gasteiger partial charge in [-0.25, -0.2) is 0 Å². The van der Waals surface area contributed by atoms with Crippen LogP contribution in [-0.2, 0) is 0 Å². The number of benzene rings is 1. The molecular weight excluding hydrogens is 310 g/mol. The Balaban J connectivity index is 1.92. The summed E-state index contributed by atoms with van der Waals surface area (Å²) in [6, 6.07) is 3.60. The Kier molecular flexibility index (Phi) is 6.07. The van der Waals surface area contributed by atoms with Crippen LogP contribution >= 0.6 is 23.8 Å². The van der Waals surface area contributed by atoms with Gasteiger partial charge in [0.1, 0.15) is 13.2 Å². The van der Waals surface area contributed by atoms with Gasteiger partial charge in [-0.3, -0.25) is 5.43 Å². The van der Waals surface area contributed by atoms with Gasteiger partial charge in [-0.15, -0.1) is 0 Å². The van der Waals surface area contributed by atoms with E-state index in [0.29, 0.717) is 34.8 Å². The van der Waals surface area contributed by atoms with E-state index >= 15 is 0 Å². The molecule has 0 spiro atoms. The summed E-state index contributed by atoms with van der Waals surface area (Å²) in [4.78, 5) is 0. The van der Waals surface area contributed by atoms with E-state index in [1.165, 1.54) is 0 Å². The molecule has 0 aliphatic carbocycles. The second kappa shape index (κ2) is 8.05. The van der Waals surface area contributed by atoms with Crippen LogP contribution in [0.25, 0.3) is 0 Å². The highest BCUT2D eigenvalue weighted by Gasteiger charge is 2.15. The fourth-order valence-corrected chi connectivity index (χ4v) is 2.22. The summed E-state index contributed by atoms with van der Waals surface area (Å²) < 4.78 is 11.0. The van der Waals surface area contributed by atoms with Gasteiger partial charge in [0.25, 0.3) is 0 Å². The number of thiocarbonyl (C=S) groups is 1. The highest BCUT2D eigenvalue weighted by atomic mass is 35.5. The van der Waals surface area contributed by atoms with E-state index in [9.17, 15) is 0 Å². The summed E-state index contributed by atoms with van der Waals surface area (Å²) in [5, 5.41) is 8.16. The molecule has 1 heterocycles. The lowest BCUT2D eigenvalue weighted by atomic mass is 10.2. The van der Waals surface area contributed by atoms with E-state index in [1.807, 2.05) is 6.07 Å². The van der Waals surface area contributed by atoms with E-state index in [2.05, 4.69) is 22.8 Å². The van der Waals surface area contributed by atoms with Crippen molar-refractivity contribution >= 4 is 35.1 Å². The van der Waals surface area contributed by atoms with Crippen molar-refractivity contribution in [3.8, 4) is 11.5 Å². The van der Waals surface area contributed by atoms with Gasteiger partial charge < -0.3 is 14.8 Å². The van der Waals surface area contributed by atoms with Crippen LogP contribution in [0.3, 0.4) is 0 Å². The number of fused-ring (bicyclic) bond motifs is 1. The molecule has 0 fully saturated rings. The zero-order valence-corrected chi connectivity index (χ0v) is 13.4. The van der Waals surface area contributed by atoms with E-state index in [1.54, 1.807) is 12.3 Å². The number of halogens is 1. The maximum absolute atomic E-state index is 6.15. The molecule has 1 aromatic carbocycles. The number of nitrogens with zero attached hydrogens (tertiary/aromatic N) is 1. The maximum atomic E-state index is 6.15. The summed E-state index contributed by atoms with van der Waals surface area (Å²) in [6.07, 6.45) is 3.83. The van der Waals surface area contributed by atoms with Crippen LogP contribution in [0.5, 0.6) is 11.5 Å². The zero-order valence-electron chi connectivity index (χ0n) is 11.8. The van der Waals surface area contributed by atoms with Crippen LogP contribution < -0.4 is 20.2 Å². The topological polar surface area (TPSA) is 54.9 Å². The number of nitrogens with one attached hydrogen (secondary N) is 2. The average molecular weight is 328 g/mol. The molecule has 5 nitrogen and oxygen atoms in total. The van der Waals surface area contributed by atoms with Crippen molar-refractivity contribution in [2.45, 2.75) is 19.8 Å². The summed E-state index contributed by atoms with van der Waals surface area (Å²) >= 11 is 11.2. The molecule has 21 heavy (non-hydrogen) atoms. The van der Waals surface area contributed by atoms with E-state index in [-0.39, 0.29) is 0 Å². The van der Waals surface area contributed by atoms with E-state index in [0.717, 1.165) is 24.9 Å². The lowest BCUT2D eigenvalue weighted by Gasteiger charge is -2.19. The maximum Gasteiger partial charge on any atom is 0.186 e. The van der Waals surface area contributed by atoms with Crippen LogP contribution in [-0.4, -0.2) is 31.1 Å². The molecule has 0 saturated heterocycles. The molecule has 2 N–H and O–H groups in total. The minimum Gasteiger partial charge on any atom is -0.486 e. The van der Waals surface area contributed by atoms with Crippen molar-refractivity contribution in [3.63, 3.8) is 0 Å². The first-order valence-electron chi connectivity index (χ1n) is 6.86. The predicted octanol–water partition coefficient (Wildman–Crippen LogP) is 2.71. The number of rotatable bonds is 5. The van der Waals surface area contributed by atoms with Crippen LogP contribution in [0.1, 0.15) is 25.3 Å². The molecule has 1 aliphatic heterocycles. The van der Waals surface area contributed by atoms with E-state index in [4.69, 9.17) is 33.3 Å². The summed E-state index contributed by atoms with van der Waals surface area (Å²) in [5.41, 5.74) is 3.58. The minimum atomic E-state index is 0.503. The molecule has 0 unspecified atom stereocenters. The standard InChI is InChI=1S/C14H18ClN3O2S/c1-2-3-4-16-14(21)18-17-9-10-7-11(15)13-12(8-10)19-5-6-20-13/h7-9H,2-6H2,1H3,(H2,16,18,21)/b17-9-. The van der Waals surface area contributed by atoms with Crippen LogP contribution in [0, 0.1) is 0 Å². The quantitative estimate of drug-likeness (QED) is 0.377. The van der Waals surface area contributed by atoms with Crippen LogP contribution in [0.2, 0.25) is 5.02 Å². The Morgan fingerprint density at radius 3 is 3.05 bits per heavy atom. The molecule has 0 bridgehead atoms. The number of hydrazone groups is 1.